The van der Waals surface area contributed by atoms with Gasteiger partial charge < -0.3 is 9.84 Å². The van der Waals surface area contributed by atoms with Crippen LogP contribution in [0.5, 0.6) is 0 Å². The van der Waals surface area contributed by atoms with E-state index in [0.29, 0.717) is 12.3 Å². The number of aliphatic carboxylic acids is 1. The van der Waals surface area contributed by atoms with Crippen molar-refractivity contribution in [2.75, 3.05) is 0 Å². The summed E-state index contributed by atoms with van der Waals surface area (Å²) in [5.41, 5.74) is 4.67. The third kappa shape index (κ3) is 4.91. The predicted octanol–water partition coefficient (Wildman–Crippen LogP) is 9.79. The van der Waals surface area contributed by atoms with E-state index in [1.165, 1.54) is 49.7 Å². The first-order valence-corrected chi connectivity index (χ1v) is 16.3. The Labute approximate surface area is 256 Å². The van der Waals surface area contributed by atoms with Crippen molar-refractivity contribution in [3.8, 4) is 0 Å². The van der Waals surface area contributed by atoms with Crippen molar-refractivity contribution in [1.82, 2.24) is 0 Å². The molecule has 3 nitrogen and oxygen atoms in total. The minimum atomic E-state index is -0.938. The number of allylic oxidation sites excluding steroid dienone is 2. The first-order valence-electron chi connectivity index (χ1n) is 13.9. The van der Waals surface area contributed by atoms with Crippen LogP contribution in [0.4, 0.5) is 0 Å². The van der Waals surface area contributed by atoms with E-state index in [-0.39, 0.29) is 0 Å². The largest absolute Gasteiger partial charge is 0.479 e. The normalized spacial score (nSPS) is 22.2. The van der Waals surface area contributed by atoms with Crippen molar-refractivity contribution in [1.29, 1.82) is 0 Å². The smallest absolute Gasteiger partial charge is 0.333 e. The summed E-state index contributed by atoms with van der Waals surface area (Å²) in [6.45, 7) is 4.42. The zero-order valence-electron chi connectivity index (χ0n) is 22.6. The molecule has 1 fully saturated rings. The van der Waals surface area contributed by atoms with Gasteiger partial charge in [-0.3, -0.25) is 0 Å². The Hall–Kier alpha value is -2.25. The molecule has 206 valence electrons. The van der Waals surface area contributed by atoms with Crippen LogP contribution < -0.4 is 0 Å². The van der Waals surface area contributed by atoms with Gasteiger partial charge in [0.25, 0.3) is 0 Å². The van der Waals surface area contributed by atoms with Gasteiger partial charge in [-0.2, -0.15) is 0 Å². The van der Waals surface area contributed by atoms with Gasteiger partial charge in [-0.25, -0.2) is 4.79 Å². The topological polar surface area (TPSA) is 46.5 Å². The fourth-order valence-electron chi connectivity index (χ4n) is 6.46. The Balaban J connectivity index is 1.47. The summed E-state index contributed by atoms with van der Waals surface area (Å²) >= 11 is 9.97. The van der Waals surface area contributed by atoms with Gasteiger partial charge in [0, 0.05) is 21.2 Å². The molecule has 6 rings (SSSR count). The molecule has 0 saturated heterocycles. The molecule has 4 aromatic rings. The summed E-state index contributed by atoms with van der Waals surface area (Å²) in [4.78, 5) is 13.7. The number of thiophene rings is 1. The molecule has 3 atom stereocenters. The number of alkyl halides is 1. The van der Waals surface area contributed by atoms with Crippen molar-refractivity contribution in [3.63, 3.8) is 0 Å². The zero-order valence-corrected chi connectivity index (χ0v) is 26.6. The first-order chi connectivity index (χ1) is 19.3. The molecule has 0 spiro atoms. The maximum atomic E-state index is 12.4. The van der Waals surface area contributed by atoms with E-state index >= 15 is 0 Å². The van der Waals surface area contributed by atoms with Crippen LogP contribution >= 0.6 is 43.2 Å². The number of carboxylic acids is 1. The minimum absolute atomic E-state index is 0.330. The fraction of sp³-hybridized carbons (Fsp3) is 0.324. The van der Waals surface area contributed by atoms with Gasteiger partial charge >= 0.3 is 5.97 Å². The molecular formula is C34H32Br2O3S. The quantitative estimate of drug-likeness (QED) is 0.198. The highest BCUT2D eigenvalue weighted by molar-refractivity contribution is 9.11. The lowest BCUT2D eigenvalue weighted by Gasteiger charge is -2.40. The van der Waals surface area contributed by atoms with Crippen LogP contribution in [0.15, 0.2) is 77.3 Å². The molecule has 1 N–H and O–H groups in total. The highest BCUT2D eigenvalue weighted by Gasteiger charge is 2.46. The van der Waals surface area contributed by atoms with E-state index in [9.17, 15) is 9.90 Å². The van der Waals surface area contributed by atoms with Gasteiger partial charge in [0.1, 0.15) is 0 Å². The second kappa shape index (κ2) is 11.2. The Morgan fingerprint density at radius 3 is 2.45 bits per heavy atom. The lowest BCUT2D eigenvalue weighted by Crippen LogP contribution is -2.46. The first kappa shape index (κ1) is 27.9. The fourth-order valence-corrected chi connectivity index (χ4v) is 9.33. The van der Waals surface area contributed by atoms with E-state index in [4.69, 9.17) is 4.74 Å². The van der Waals surface area contributed by atoms with Crippen LogP contribution in [0.3, 0.4) is 0 Å². The molecule has 1 aromatic heterocycles. The molecule has 6 heteroatoms. The van der Waals surface area contributed by atoms with Gasteiger partial charge in [0.15, 0.2) is 6.10 Å². The van der Waals surface area contributed by atoms with E-state index in [0.717, 1.165) is 28.5 Å². The Morgan fingerprint density at radius 2 is 1.75 bits per heavy atom. The molecule has 1 heterocycles. The molecule has 1 saturated carbocycles. The van der Waals surface area contributed by atoms with E-state index < -0.39 is 22.5 Å². The molecule has 2 unspecified atom stereocenters. The highest BCUT2D eigenvalue weighted by Crippen LogP contribution is 2.51. The number of aryl methyl sites for hydroxylation is 2. The summed E-state index contributed by atoms with van der Waals surface area (Å²) in [7, 11) is 0. The van der Waals surface area contributed by atoms with Crippen molar-refractivity contribution < 1.29 is 14.6 Å². The maximum Gasteiger partial charge on any atom is 0.333 e. The number of fused-ring (bicyclic) bond motifs is 2. The van der Waals surface area contributed by atoms with Crippen LogP contribution in [0.25, 0.3) is 26.4 Å². The monoisotopic (exact) mass is 678 g/mol. The second-order valence-corrected chi connectivity index (χ2v) is 14.5. The van der Waals surface area contributed by atoms with Crippen molar-refractivity contribution in [2.24, 2.45) is 5.92 Å². The molecular weight excluding hydrogens is 648 g/mol. The SMILES string of the molecule is Cc1sc2c(Br)c3ccccc3c(C3=CC(Br)(C4CCCC4)C(O[C@H](Cc4ccccc4)C(=O)O)C=C3)c2c1C. The van der Waals surface area contributed by atoms with Crippen LogP contribution in [-0.2, 0) is 16.0 Å². The highest BCUT2D eigenvalue weighted by atomic mass is 79.9. The standard InChI is InChI=1S/C34H32Br2O3S/c1-20-21(2)40-32-29(20)30(25-14-8-9-15-26(25)31(32)35)23-16-17-28(34(36,19-23)24-12-6-7-13-24)39-27(33(37)38)18-22-10-4-3-5-11-22/h3-5,8-11,14-17,19,24,27-28H,6-7,12-13,18H2,1-2H3,(H,37,38)/t27-,28?,34?/m1/s1. The molecule has 0 amide bonds. The number of halogens is 2. The Kier molecular flexibility index (Phi) is 7.81. The average Bonchev–Trinajstić information content (AvgIpc) is 3.60. The molecule has 0 radical (unpaired) electrons. The maximum absolute atomic E-state index is 12.4. The molecule has 40 heavy (non-hydrogen) atoms. The van der Waals surface area contributed by atoms with Crippen molar-refractivity contribution >= 4 is 75.6 Å². The third-order valence-corrected chi connectivity index (χ3v) is 12.3. The molecule has 2 aliphatic rings. The molecule has 0 aliphatic heterocycles. The molecule has 0 bridgehead atoms. The van der Waals surface area contributed by atoms with Gasteiger partial charge in [-0.1, -0.05) is 102 Å². The predicted molar refractivity (Wildman–Crippen MR) is 174 cm³/mol. The number of benzene rings is 3. The van der Waals surface area contributed by atoms with Crippen LogP contribution in [0, 0.1) is 19.8 Å². The average molecular weight is 681 g/mol. The van der Waals surface area contributed by atoms with Crippen LogP contribution in [0.2, 0.25) is 0 Å². The molecule has 3 aromatic carbocycles. The van der Waals surface area contributed by atoms with E-state index in [1.54, 1.807) is 0 Å². The minimum Gasteiger partial charge on any atom is -0.479 e. The second-order valence-electron chi connectivity index (χ2n) is 11.1. The number of hydrogen-bond donors (Lipinski definition) is 1. The van der Waals surface area contributed by atoms with Crippen molar-refractivity contribution in [3.05, 3.63) is 98.9 Å². The summed E-state index contributed by atoms with van der Waals surface area (Å²) in [6.07, 6.45) is 10.1. The summed E-state index contributed by atoms with van der Waals surface area (Å²) < 4.78 is 8.42. The molecule has 2 aliphatic carbocycles. The van der Waals surface area contributed by atoms with Crippen LogP contribution in [-0.4, -0.2) is 27.6 Å². The van der Waals surface area contributed by atoms with Gasteiger partial charge in [0.05, 0.1) is 15.1 Å². The number of rotatable bonds is 7. The Bertz CT molecular complexity index is 1650. The van der Waals surface area contributed by atoms with Crippen LogP contribution in [0.1, 0.15) is 47.3 Å². The van der Waals surface area contributed by atoms with Gasteiger partial charge in [-0.05, 0) is 81.6 Å². The summed E-state index contributed by atoms with van der Waals surface area (Å²) in [5.74, 6) is -0.579. The van der Waals surface area contributed by atoms with Gasteiger partial charge in [0.2, 0.25) is 0 Å². The number of carboxylic acid groups (broad SMARTS) is 1. The van der Waals surface area contributed by atoms with E-state index in [1.807, 2.05) is 41.7 Å². The zero-order chi connectivity index (χ0) is 28.0. The summed E-state index contributed by atoms with van der Waals surface area (Å²) in [5, 5.41) is 13.8. The lowest BCUT2D eigenvalue weighted by molar-refractivity contribution is -0.153. The van der Waals surface area contributed by atoms with Gasteiger partial charge in [-0.15, -0.1) is 11.3 Å². The lowest BCUT2D eigenvalue weighted by atomic mass is 9.79. The Morgan fingerprint density at radius 1 is 1.07 bits per heavy atom. The summed E-state index contributed by atoms with van der Waals surface area (Å²) in [6, 6.07) is 18.3. The van der Waals surface area contributed by atoms with Crippen molar-refractivity contribution in [2.45, 2.75) is 62.5 Å². The number of hydrogen-bond acceptors (Lipinski definition) is 3. The van der Waals surface area contributed by atoms with E-state index in [2.05, 4.69) is 88.2 Å². The third-order valence-electron chi connectivity index (χ3n) is 8.65. The number of ether oxygens (including phenoxy) is 1. The number of carbonyl (C=O) groups is 1.